The van der Waals surface area contributed by atoms with Crippen LogP contribution in [-0.2, 0) is 11.2 Å². The van der Waals surface area contributed by atoms with Crippen LogP contribution in [0, 0.1) is 0 Å². The number of aromatic nitrogens is 1. The van der Waals surface area contributed by atoms with Crippen molar-refractivity contribution >= 4 is 29.4 Å². The van der Waals surface area contributed by atoms with Gasteiger partial charge in [-0.15, -0.1) is 0 Å². The molecule has 0 atom stereocenters. The molecular formula is C22H17ClN2O4. The zero-order valence-electron chi connectivity index (χ0n) is 15.2. The van der Waals surface area contributed by atoms with E-state index in [1.807, 2.05) is 0 Å². The van der Waals surface area contributed by atoms with E-state index in [0.29, 0.717) is 27.6 Å². The van der Waals surface area contributed by atoms with Crippen LogP contribution >= 0.6 is 11.6 Å². The summed E-state index contributed by atoms with van der Waals surface area (Å²) in [5.74, 6) is 0.227. The molecule has 0 saturated heterocycles. The second-order valence-corrected chi connectivity index (χ2v) is 6.52. The van der Waals surface area contributed by atoms with Crippen molar-refractivity contribution in [2.24, 2.45) is 0 Å². The smallest absolute Gasteiger partial charge is 0.267 e. The van der Waals surface area contributed by atoms with Crippen molar-refractivity contribution in [3.8, 4) is 11.5 Å². The van der Waals surface area contributed by atoms with E-state index in [1.54, 1.807) is 60.8 Å². The van der Waals surface area contributed by atoms with E-state index < -0.39 is 5.91 Å². The van der Waals surface area contributed by atoms with Gasteiger partial charge in [0.2, 0.25) is 0 Å². The van der Waals surface area contributed by atoms with Gasteiger partial charge < -0.3 is 4.74 Å². The summed E-state index contributed by atoms with van der Waals surface area (Å²) in [4.78, 5) is 27.8. The number of amides is 1. The third-order valence-electron chi connectivity index (χ3n) is 3.97. The molecule has 0 fully saturated rings. The number of hydrogen-bond donors (Lipinski definition) is 2. The summed E-state index contributed by atoms with van der Waals surface area (Å²) in [6.07, 6.45) is 5.94. The van der Waals surface area contributed by atoms with Gasteiger partial charge in [-0.3, -0.25) is 19.8 Å². The van der Waals surface area contributed by atoms with Crippen LogP contribution in [0.4, 0.5) is 0 Å². The van der Waals surface area contributed by atoms with Crippen LogP contribution in [0.3, 0.4) is 0 Å². The molecule has 3 aromatic rings. The molecule has 0 saturated carbocycles. The van der Waals surface area contributed by atoms with E-state index in [-0.39, 0.29) is 12.2 Å². The fourth-order valence-electron chi connectivity index (χ4n) is 2.61. The SMILES string of the molecule is O=C(/C=C/c1cc(CC(=O)c2cccnc2)ccc1Oc1cccc(Cl)c1)NO. The number of carbonyl (C=O) groups is 2. The number of pyridine rings is 1. The van der Waals surface area contributed by atoms with Crippen molar-refractivity contribution in [2.75, 3.05) is 0 Å². The van der Waals surface area contributed by atoms with Crippen LogP contribution in [0.1, 0.15) is 21.5 Å². The van der Waals surface area contributed by atoms with Crippen molar-refractivity contribution in [1.82, 2.24) is 10.5 Å². The number of ketones is 1. The molecule has 2 N–H and O–H groups in total. The lowest BCUT2D eigenvalue weighted by atomic mass is 10.0. The second-order valence-electron chi connectivity index (χ2n) is 6.08. The van der Waals surface area contributed by atoms with Gasteiger partial charge >= 0.3 is 0 Å². The highest BCUT2D eigenvalue weighted by Crippen LogP contribution is 2.29. The molecule has 7 heteroatoms. The summed E-state index contributed by atoms with van der Waals surface area (Å²) in [7, 11) is 0. The van der Waals surface area contributed by atoms with Gasteiger partial charge in [-0.25, -0.2) is 5.48 Å². The fourth-order valence-corrected chi connectivity index (χ4v) is 2.79. The standard InChI is InChI=1S/C22H17ClN2O4/c23-18-4-1-5-19(13-18)29-21-8-6-15(11-16(21)7-9-22(27)25-28)12-20(26)17-3-2-10-24-14-17/h1-11,13-14,28H,12H2,(H,25,27)/b9-7+. The van der Waals surface area contributed by atoms with Gasteiger partial charge in [-0.05, 0) is 54.1 Å². The summed E-state index contributed by atoms with van der Waals surface area (Å²) in [5, 5.41) is 9.23. The Morgan fingerprint density at radius 2 is 2.00 bits per heavy atom. The van der Waals surface area contributed by atoms with Gasteiger partial charge in [0.15, 0.2) is 5.78 Å². The summed E-state index contributed by atoms with van der Waals surface area (Å²) in [6.45, 7) is 0. The molecule has 0 radical (unpaired) electrons. The molecule has 6 nitrogen and oxygen atoms in total. The van der Waals surface area contributed by atoms with Crippen LogP contribution in [-0.4, -0.2) is 21.9 Å². The maximum atomic E-state index is 12.5. The highest BCUT2D eigenvalue weighted by Gasteiger charge is 2.11. The predicted molar refractivity (Wildman–Crippen MR) is 109 cm³/mol. The number of Topliss-reactive ketones (excluding diaryl/α,β-unsaturated/α-hetero) is 1. The van der Waals surface area contributed by atoms with Gasteiger partial charge in [0.1, 0.15) is 11.5 Å². The highest BCUT2D eigenvalue weighted by molar-refractivity contribution is 6.30. The Balaban J connectivity index is 1.88. The van der Waals surface area contributed by atoms with Crippen molar-refractivity contribution in [1.29, 1.82) is 0 Å². The molecule has 1 aromatic heterocycles. The third kappa shape index (κ3) is 5.75. The summed E-state index contributed by atoms with van der Waals surface area (Å²) >= 11 is 6.00. The zero-order valence-corrected chi connectivity index (χ0v) is 16.0. The van der Waals surface area contributed by atoms with E-state index in [4.69, 9.17) is 21.5 Å². The number of ether oxygens (including phenoxy) is 1. The predicted octanol–water partition coefficient (Wildman–Crippen LogP) is 4.47. The van der Waals surface area contributed by atoms with E-state index in [1.165, 1.54) is 17.8 Å². The first-order valence-corrected chi connectivity index (χ1v) is 9.04. The minimum Gasteiger partial charge on any atom is -0.457 e. The van der Waals surface area contributed by atoms with Crippen LogP contribution < -0.4 is 10.2 Å². The van der Waals surface area contributed by atoms with E-state index in [9.17, 15) is 9.59 Å². The third-order valence-corrected chi connectivity index (χ3v) is 4.21. The summed E-state index contributed by atoms with van der Waals surface area (Å²) < 4.78 is 5.88. The average molecular weight is 409 g/mol. The Morgan fingerprint density at radius 1 is 1.14 bits per heavy atom. The number of rotatable bonds is 7. The van der Waals surface area contributed by atoms with E-state index in [2.05, 4.69) is 4.98 Å². The summed E-state index contributed by atoms with van der Waals surface area (Å²) in [6, 6.07) is 15.5. The molecular weight excluding hydrogens is 392 g/mol. The molecule has 0 unspecified atom stereocenters. The van der Waals surface area contributed by atoms with Gasteiger partial charge in [0, 0.05) is 41.0 Å². The molecule has 2 aromatic carbocycles. The average Bonchev–Trinajstić information content (AvgIpc) is 2.74. The lowest BCUT2D eigenvalue weighted by Gasteiger charge is -2.11. The van der Waals surface area contributed by atoms with Crippen LogP contribution in [0.15, 0.2) is 73.1 Å². The van der Waals surface area contributed by atoms with E-state index in [0.717, 1.165) is 11.6 Å². The number of hydroxylamine groups is 1. The fraction of sp³-hybridized carbons (Fsp3) is 0.0455. The first-order chi connectivity index (χ1) is 14.0. The maximum absolute atomic E-state index is 12.5. The van der Waals surface area contributed by atoms with Gasteiger partial charge in [0.05, 0.1) is 0 Å². The molecule has 0 spiro atoms. The van der Waals surface area contributed by atoms with Gasteiger partial charge in [0.25, 0.3) is 5.91 Å². The van der Waals surface area contributed by atoms with Gasteiger partial charge in [-0.2, -0.15) is 0 Å². The number of halogens is 1. The zero-order chi connectivity index (χ0) is 20.6. The van der Waals surface area contributed by atoms with E-state index >= 15 is 0 Å². The normalized spacial score (nSPS) is 10.7. The van der Waals surface area contributed by atoms with Crippen LogP contribution in [0.5, 0.6) is 11.5 Å². The monoisotopic (exact) mass is 408 g/mol. The molecule has 1 heterocycles. The molecule has 29 heavy (non-hydrogen) atoms. The molecule has 1 amide bonds. The molecule has 0 aliphatic carbocycles. The molecule has 0 aliphatic rings. The number of benzene rings is 2. The lowest BCUT2D eigenvalue weighted by molar-refractivity contribution is -0.124. The Hall–Kier alpha value is -3.48. The summed E-state index contributed by atoms with van der Waals surface area (Å²) in [5.41, 5.74) is 3.35. The van der Waals surface area contributed by atoms with Gasteiger partial charge in [-0.1, -0.05) is 23.7 Å². The second kappa shape index (κ2) is 9.64. The molecule has 0 bridgehead atoms. The Kier molecular flexibility index (Phi) is 6.73. The highest BCUT2D eigenvalue weighted by atomic mass is 35.5. The lowest BCUT2D eigenvalue weighted by Crippen LogP contribution is -2.14. The molecule has 0 aliphatic heterocycles. The first kappa shape index (κ1) is 20.3. The number of nitrogens with zero attached hydrogens (tertiary/aromatic N) is 1. The Bertz CT molecular complexity index is 1050. The van der Waals surface area contributed by atoms with Crippen molar-refractivity contribution < 1.29 is 19.5 Å². The van der Waals surface area contributed by atoms with Crippen LogP contribution in [0.2, 0.25) is 5.02 Å². The van der Waals surface area contributed by atoms with Crippen molar-refractivity contribution in [3.05, 3.63) is 94.8 Å². The first-order valence-electron chi connectivity index (χ1n) is 8.67. The Morgan fingerprint density at radius 3 is 2.72 bits per heavy atom. The van der Waals surface area contributed by atoms with Crippen molar-refractivity contribution in [3.63, 3.8) is 0 Å². The minimum absolute atomic E-state index is 0.0790. The molecule has 3 rings (SSSR count). The number of carbonyl (C=O) groups excluding carboxylic acids is 2. The minimum atomic E-state index is -0.685. The maximum Gasteiger partial charge on any atom is 0.267 e. The number of hydrogen-bond acceptors (Lipinski definition) is 5. The van der Waals surface area contributed by atoms with Crippen LogP contribution in [0.25, 0.3) is 6.08 Å². The van der Waals surface area contributed by atoms with Crippen molar-refractivity contribution in [2.45, 2.75) is 6.42 Å². The number of nitrogens with one attached hydrogen (secondary N) is 1. The largest absolute Gasteiger partial charge is 0.457 e. The quantitative estimate of drug-likeness (QED) is 0.260. The Labute approximate surface area is 172 Å². The molecule has 146 valence electrons. The topological polar surface area (TPSA) is 88.5 Å².